The van der Waals surface area contributed by atoms with Crippen molar-refractivity contribution in [3.63, 3.8) is 0 Å². The normalized spacial score (nSPS) is 11.6. The van der Waals surface area contributed by atoms with E-state index in [1.807, 2.05) is 6.07 Å². The standard InChI is InChI=1S/C13H13N3O4/c1-20-12(17)5-4-10(16(18)19)7-9-8-15-13-11(9)3-2-6-14-13/h2-3,6-8H,4-5H2,1H3,(H,14,15). The van der Waals surface area contributed by atoms with Gasteiger partial charge in [0.2, 0.25) is 5.70 Å². The Labute approximate surface area is 114 Å². The maximum Gasteiger partial charge on any atom is 0.306 e. The minimum atomic E-state index is -0.488. The topological polar surface area (TPSA) is 98.1 Å². The van der Waals surface area contributed by atoms with Gasteiger partial charge in [-0.1, -0.05) is 0 Å². The van der Waals surface area contributed by atoms with Crippen LogP contribution in [0, 0.1) is 10.1 Å². The van der Waals surface area contributed by atoms with Crippen molar-refractivity contribution in [3.8, 4) is 0 Å². The van der Waals surface area contributed by atoms with Crippen LogP contribution in [0.5, 0.6) is 0 Å². The summed E-state index contributed by atoms with van der Waals surface area (Å²) in [5.41, 5.74) is 1.29. The molecule has 0 aliphatic carbocycles. The first-order valence-corrected chi connectivity index (χ1v) is 5.95. The van der Waals surface area contributed by atoms with Gasteiger partial charge in [-0.15, -0.1) is 0 Å². The highest BCUT2D eigenvalue weighted by Gasteiger charge is 2.15. The minimum Gasteiger partial charge on any atom is -0.469 e. The summed E-state index contributed by atoms with van der Waals surface area (Å²) in [6.45, 7) is 0. The Bertz CT molecular complexity index is 675. The predicted molar refractivity (Wildman–Crippen MR) is 72.3 cm³/mol. The van der Waals surface area contributed by atoms with Crippen molar-refractivity contribution in [1.82, 2.24) is 9.97 Å². The van der Waals surface area contributed by atoms with Gasteiger partial charge in [0.05, 0.1) is 18.5 Å². The summed E-state index contributed by atoms with van der Waals surface area (Å²) >= 11 is 0. The fourth-order valence-corrected chi connectivity index (χ4v) is 1.82. The molecule has 20 heavy (non-hydrogen) atoms. The molecule has 0 unspecified atom stereocenters. The van der Waals surface area contributed by atoms with E-state index in [0.29, 0.717) is 11.2 Å². The summed E-state index contributed by atoms with van der Waals surface area (Å²) in [6.07, 6.45) is 4.73. The molecule has 0 aromatic carbocycles. The molecule has 0 radical (unpaired) electrons. The quantitative estimate of drug-likeness (QED) is 0.512. The molecule has 0 fully saturated rings. The average Bonchev–Trinajstić information content (AvgIpc) is 2.86. The Balaban J connectivity index is 2.28. The molecule has 0 spiro atoms. The lowest BCUT2D eigenvalue weighted by Gasteiger charge is -1.98. The summed E-state index contributed by atoms with van der Waals surface area (Å²) in [6, 6.07) is 3.58. The number of allylic oxidation sites excluding steroid dienone is 1. The number of nitro groups is 1. The predicted octanol–water partition coefficient (Wildman–Crippen LogP) is 2.13. The van der Waals surface area contributed by atoms with Crippen LogP contribution in [-0.4, -0.2) is 28.0 Å². The first kappa shape index (κ1) is 13.7. The second-order valence-electron chi connectivity index (χ2n) is 4.11. The SMILES string of the molecule is COC(=O)CCC(=Cc1c[nH]c2ncccc12)[N+](=O)[O-]. The minimum absolute atomic E-state index is 0.0204. The molecule has 2 heterocycles. The highest BCUT2D eigenvalue weighted by molar-refractivity contribution is 5.86. The van der Waals surface area contributed by atoms with Gasteiger partial charge in [0.15, 0.2) is 0 Å². The second kappa shape index (κ2) is 5.96. The molecule has 2 aromatic rings. The number of carbonyl (C=O) groups is 1. The number of hydrogen-bond acceptors (Lipinski definition) is 5. The van der Waals surface area contributed by atoms with E-state index in [4.69, 9.17) is 0 Å². The van der Waals surface area contributed by atoms with Gasteiger partial charge < -0.3 is 9.72 Å². The molecular weight excluding hydrogens is 262 g/mol. The van der Waals surface area contributed by atoms with Gasteiger partial charge >= 0.3 is 5.97 Å². The summed E-state index contributed by atoms with van der Waals surface area (Å²) < 4.78 is 4.48. The van der Waals surface area contributed by atoms with Gasteiger partial charge in [-0.05, 0) is 12.1 Å². The lowest BCUT2D eigenvalue weighted by atomic mass is 10.1. The largest absolute Gasteiger partial charge is 0.469 e. The third kappa shape index (κ3) is 3.00. The van der Waals surface area contributed by atoms with E-state index in [1.54, 1.807) is 18.5 Å². The lowest BCUT2D eigenvalue weighted by molar-refractivity contribution is -0.426. The van der Waals surface area contributed by atoms with E-state index >= 15 is 0 Å². The van der Waals surface area contributed by atoms with E-state index in [0.717, 1.165) is 5.39 Å². The number of ether oxygens (including phenoxy) is 1. The number of aromatic amines is 1. The molecule has 2 aromatic heterocycles. The highest BCUT2D eigenvalue weighted by atomic mass is 16.6. The van der Waals surface area contributed by atoms with Crippen LogP contribution in [0.2, 0.25) is 0 Å². The van der Waals surface area contributed by atoms with Gasteiger partial charge in [0.1, 0.15) is 5.65 Å². The number of H-pyrrole nitrogens is 1. The number of nitrogens with one attached hydrogen (secondary N) is 1. The molecule has 0 saturated carbocycles. The van der Waals surface area contributed by atoms with Crippen LogP contribution in [-0.2, 0) is 9.53 Å². The molecule has 0 aliphatic rings. The third-order valence-corrected chi connectivity index (χ3v) is 2.85. The average molecular weight is 275 g/mol. The van der Waals surface area contributed by atoms with Crippen LogP contribution in [0.1, 0.15) is 18.4 Å². The number of rotatable bonds is 5. The summed E-state index contributed by atoms with van der Waals surface area (Å²) in [4.78, 5) is 28.7. The van der Waals surface area contributed by atoms with E-state index in [2.05, 4.69) is 14.7 Å². The van der Waals surface area contributed by atoms with Crippen molar-refractivity contribution in [2.24, 2.45) is 0 Å². The molecule has 0 amide bonds. The number of esters is 1. The Morgan fingerprint density at radius 3 is 3.05 bits per heavy atom. The van der Waals surface area contributed by atoms with Gasteiger partial charge in [-0.3, -0.25) is 14.9 Å². The number of fused-ring (bicyclic) bond motifs is 1. The Hall–Kier alpha value is -2.70. The zero-order valence-electron chi connectivity index (χ0n) is 10.8. The van der Waals surface area contributed by atoms with Crippen molar-refractivity contribution in [3.05, 3.63) is 45.9 Å². The first-order valence-electron chi connectivity index (χ1n) is 5.95. The van der Waals surface area contributed by atoms with Gasteiger partial charge in [0.25, 0.3) is 0 Å². The zero-order valence-corrected chi connectivity index (χ0v) is 10.8. The van der Waals surface area contributed by atoms with Crippen molar-refractivity contribution in [2.45, 2.75) is 12.8 Å². The van der Waals surface area contributed by atoms with Crippen LogP contribution in [0.3, 0.4) is 0 Å². The number of hydrogen-bond donors (Lipinski definition) is 1. The number of methoxy groups -OCH3 is 1. The Morgan fingerprint density at radius 2 is 2.35 bits per heavy atom. The fourth-order valence-electron chi connectivity index (χ4n) is 1.82. The molecule has 0 aliphatic heterocycles. The van der Waals surface area contributed by atoms with Crippen LogP contribution >= 0.6 is 0 Å². The van der Waals surface area contributed by atoms with Gasteiger partial charge in [-0.2, -0.15) is 0 Å². The zero-order chi connectivity index (χ0) is 14.5. The monoisotopic (exact) mass is 275 g/mol. The van der Waals surface area contributed by atoms with Crippen LogP contribution in [0.15, 0.2) is 30.2 Å². The molecule has 7 heteroatoms. The van der Waals surface area contributed by atoms with Crippen molar-refractivity contribution >= 4 is 23.1 Å². The molecule has 104 valence electrons. The Kier molecular flexibility index (Phi) is 4.09. The van der Waals surface area contributed by atoms with E-state index in [-0.39, 0.29) is 18.5 Å². The lowest BCUT2D eigenvalue weighted by Crippen LogP contribution is -2.05. The van der Waals surface area contributed by atoms with Gasteiger partial charge in [-0.25, -0.2) is 4.98 Å². The van der Waals surface area contributed by atoms with Gasteiger partial charge in [0, 0.05) is 35.8 Å². The van der Waals surface area contributed by atoms with Crippen LogP contribution in [0.4, 0.5) is 0 Å². The second-order valence-corrected chi connectivity index (χ2v) is 4.11. The van der Waals surface area contributed by atoms with Crippen molar-refractivity contribution in [1.29, 1.82) is 0 Å². The molecule has 0 bridgehead atoms. The summed E-state index contributed by atoms with van der Waals surface area (Å²) in [5, 5.41) is 11.8. The fraction of sp³-hybridized carbons (Fsp3) is 0.231. The molecule has 0 saturated heterocycles. The number of pyridine rings is 1. The maximum atomic E-state index is 11.1. The maximum absolute atomic E-state index is 11.1. The van der Waals surface area contributed by atoms with Crippen molar-refractivity contribution in [2.75, 3.05) is 7.11 Å². The highest BCUT2D eigenvalue weighted by Crippen LogP contribution is 2.20. The van der Waals surface area contributed by atoms with Crippen molar-refractivity contribution < 1.29 is 14.5 Å². The Morgan fingerprint density at radius 1 is 1.55 bits per heavy atom. The van der Waals surface area contributed by atoms with E-state index in [1.165, 1.54) is 13.2 Å². The van der Waals surface area contributed by atoms with Crippen LogP contribution in [0.25, 0.3) is 17.1 Å². The molecule has 0 atom stereocenters. The number of aromatic nitrogens is 2. The number of nitrogens with zero attached hydrogens (tertiary/aromatic N) is 2. The van der Waals surface area contributed by atoms with E-state index < -0.39 is 10.9 Å². The molecular formula is C13H13N3O4. The third-order valence-electron chi connectivity index (χ3n) is 2.85. The number of carbonyl (C=O) groups excluding carboxylic acids is 1. The summed E-state index contributed by atoms with van der Waals surface area (Å²) in [5.74, 6) is -0.474. The van der Waals surface area contributed by atoms with Crippen LogP contribution < -0.4 is 0 Å². The van der Waals surface area contributed by atoms with E-state index in [9.17, 15) is 14.9 Å². The molecule has 1 N–H and O–H groups in total. The summed E-state index contributed by atoms with van der Waals surface area (Å²) in [7, 11) is 1.25. The first-order chi connectivity index (χ1) is 9.61. The molecule has 7 nitrogen and oxygen atoms in total. The molecule has 2 rings (SSSR count). The smallest absolute Gasteiger partial charge is 0.306 e.